The van der Waals surface area contributed by atoms with E-state index in [4.69, 9.17) is 0 Å². The Hall–Kier alpha value is -2.41. The number of aliphatic hydroxyl groups is 1. The Bertz CT molecular complexity index is 837. The summed E-state index contributed by atoms with van der Waals surface area (Å²) in [5, 5.41) is 12.9. The lowest BCUT2D eigenvalue weighted by Gasteiger charge is -2.25. The highest BCUT2D eigenvalue weighted by Crippen LogP contribution is 2.22. The predicted molar refractivity (Wildman–Crippen MR) is 97.9 cm³/mol. The van der Waals surface area contributed by atoms with Gasteiger partial charge in [0.2, 0.25) is 5.91 Å². The zero-order chi connectivity index (χ0) is 19.1. The maximum absolute atomic E-state index is 12.7. The van der Waals surface area contributed by atoms with Crippen molar-refractivity contribution in [3.8, 4) is 0 Å². The van der Waals surface area contributed by atoms with Crippen LogP contribution < -0.4 is 5.32 Å². The molecule has 26 heavy (non-hydrogen) atoms. The Morgan fingerprint density at radius 1 is 1.38 bits per heavy atom. The molecule has 3 heterocycles. The molecule has 1 fully saturated rings. The lowest BCUT2D eigenvalue weighted by atomic mass is 10.0. The highest BCUT2D eigenvalue weighted by Gasteiger charge is 2.35. The van der Waals surface area contributed by atoms with Gasteiger partial charge in [0.1, 0.15) is 0 Å². The number of nitrogens with zero attached hydrogens (tertiary/aromatic N) is 3. The van der Waals surface area contributed by atoms with E-state index in [2.05, 4.69) is 10.3 Å². The predicted octanol–water partition coefficient (Wildman–Crippen LogP) is 1.52. The van der Waals surface area contributed by atoms with Crippen LogP contribution in [0.15, 0.2) is 24.7 Å². The average molecular weight is 358 g/mol. The number of amides is 2. The third-order valence-electron chi connectivity index (χ3n) is 4.90. The van der Waals surface area contributed by atoms with E-state index in [1.54, 1.807) is 37.3 Å². The summed E-state index contributed by atoms with van der Waals surface area (Å²) in [6.07, 6.45) is 4.22. The first-order valence-electron chi connectivity index (χ1n) is 8.90. The number of carbonyl (C=O) groups excluding carboxylic acids is 2. The van der Waals surface area contributed by atoms with Gasteiger partial charge in [-0.2, -0.15) is 0 Å². The molecule has 0 bridgehead atoms. The van der Waals surface area contributed by atoms with Crippen molar-refractivity contribution in [1.29, 1.82) is 0 Å². The van der Waals surface area contributed by atoms with E-state index >= 15 is 0 Å². The minimum Gasteiger partial charge on any atom is -0.390 e. The fraction of sp³-hybridized carbons (Fsp3) is 0.526. The van der Waals surface area contributed by atoms with Crippen molar-refractivity contribution >= 4 is 17.3 Å². The van der Waals surface area contributed by atoms with E-state index < -0.39 is 5.60 Å². The summed E-state index contributed by atoms with van der Waals surface area (Å²) < 4.78 is 1.88. The van der Waals surface area contributed by atoms with Gasteiger partial charge in [-0.05, 0) is 46.2 Å². The standard InChI is InChI=1S/C19H26N4O3/c1-12-7-14(10-22(12)17(24)8-19(3,4)26)21-18(25)16-6-5-15-9-20-11-23(15)13(16)2/h5-6,9,11-12,14,26H,7-8,10H2,1-4H3,(H,21,25). The molecule has 0 aromatic carbocycles. The van der Waals surface area contributed by atoms with Crippen LogP contribution >= 0.6 is 0 Å². The second-order valence-corrected chi connectivity index (χ2v) is 7.81. The smallest absolute Gasteiger partial charge is 0.253 e. The molecule has 2 aromatic heterocycles. The lowest BCUT2D eigenvalue weighted by molar-refractivity contribution is -0.135. The molecule has 7 heteroatoms. The van der Waals surface area contributed by atoms with Crippen LogP contribution in [0, 0.1) is 6.92 Å². The van der Waals surface area contributed by atoms with E-state index in [0.29, 0.717) is 18.5 Å². The van der Waals surface area contributed by atoms with Crippen molar-refractivity contribution in [2.24, 2.45) is 0 Å². The number of carbonyl (C=O) groups is 2. The second kappa shape index (κ2) is 6.72. The van der Waals surface area contributed by atoms with Crippen LogP contribution in [0.5, 0.6) is 0 Å². The summed E-state index contributed by atoms with van der Waals surface area (Å²) in [7, 11) is 0. The molecule has 0 radical (unpaired) electrons. The SMILES string of the molecule is Cc1c(C(=O)NC2CC(C)N(C(=O)CC(C)(C)O)C2)ccc2cncn12. The van der Waals surface area contributed by atoms with E-state index in [0.717, 1.165) is 11.2 Å². The van der Waals surface area contributed by atoms with E-state index in [9.17, 15) is 14.7 Å². The van der Waals surface area contributed by atoms with Gasteiger partial charge in [0, 0.05) is 24.3 Å². The molecule has 140 valence electrons. The zero-order valence-electron chi connectivity index (χ0n) is 15.7. The first-order valence-corrected chi connectivity index (χ1v) is 8.90. The highest BCUT2D eigenvalue weighted by atomic mass is 16.3. The summed E-state index contributed by atoms with van der Waals surface area (Å²) >= 11 is 0. The van der Waals surface area contributed by atoms with Crippen molar-refractivity contribution in [1.82, 2.24) is 19.6 Å². The summed E-state index contributed by atoms with van der Waals surface area (Å²) in [6.45, 7) is 7.57. The lowest BCUT2D eigenvalue weighted by Crippen LogP contribution is -2.41. The van der Waals surface area contributed by atoms with Crippen LogP contribution in [-0.2, 0) is 4.79 Å². The fourth-order valence-electron chi connectivity index (χ4n) is 3.59. The van der Waals surface area contributed by atoms with Gasteiger partial charge in [-0.3, -0.25) is 9.59 Å². The Morgan fingerprint density at radius 3 is 2.81 bits per heavy atom. The van der Waals surface area contributed by atoms with Gasteiger partial charge in [0.25, 0.3) is 5.91 Å². The zero-order valence-corrected chi connectivity index (χ0v) is 15.7. The summed E-state index contributed by atoms with van der Waals surface area (Å²) in [5.74, 6) is -0.232. The minimum atomic E-state index is -1.03. The first kappa shape index (κ1) is 18.4. The Morgan fingerprint density at radius 2 is 2.12 bits per heavy atom. The number of hydrogen-bond acceptors (Lipinski definition) is 4. The Balaban J connectivity index is 1.68. The number of nitrogens with one attached hydrogen (secondary N) is 1. The summed E-state index contributed by atoms with van der Waals surface area (Å²) in [5.41, 5.74) is 1.34. The van der Waals surface area contributed by atoms with Gasteiger partial charge in [-0.25, -0.2) is 4.98 Å². The van der Waals surface area contributed by atoms with Crippen LogP contribution in [0.3, 0.4) is 0 Å². The molecular formula is C19H26N4O3. The molecule has 3 rings (SSSR count). The van der Waals surface area contributed by atoms with Gasteiger partial charge in [0.05, 0.1) is 35.6 Å². The van der Waals surface area contributed by atoms with Gasteiger partial charge in [-0.15, -0.1) is 0 Å². The molecule has 1 saturated heterocycles. The Labute approximate surface area is 153 Å². The highest BCUT2D eigenvalue weighted by molar-refractivity contribution is 5.96. The number of aromatic nitrogens is 2. The number of likely N-dealkylation sites (tertiary alicyclic amines) is 1. The molecule has 0 spiro atoms. The molecule has 1 aliphatic rings. The molecule has 0 aliphatic carbocycles. The summed E-state index contributed by atoms with van der Waals surface area (Å²) in [4.78, 5) is 30.9. The number of aryl methyl sites for hydroxylation is 1. The third kappa shape index (κ3) is 3.72. The monoisotopic (exact) mass is 358 g/mol. The number of pyridine rings is 1. The third-order valence-corrected chi connectivity index (χ3v) is 4.90. The van der Waals surface area contributed by atoms with Crippen molar-refractivity contribution in [3.63, 3.8) is 0 Å². The van der Waals surface area contributed by atoms with Crippen LogP contribution in [0.1, 0.15) is 49.7 Å². The van der Waals surface area contributed by atoms with Crippen molar-refractivity contribution < 1.29 is 14.7 Å². The number of rotatable bonds is 4. The molecule has 2 unspecified atom stereocenters. The van der Waals surface area contributed by atoms with Gasteiger partial charge in [-0.1, -0.05) is 0 Å². The minimum absolute atomic E-state index is 0.0346. The van der Waals surface area contributed by atoms with Gasteiger partial charge < -0.3 is 19.7 Å². The second-order valence-electron chi connectivity index (χ2n) is 7.81. The Kier molecular flexibility index (Phi) is 4.75. The molecule has 2 aromatic rings. The summed E-state index contributed by atoms with van der Waals surface area (Å²) in [6, 6.07) is 3.61. The average Bonchev–Trinajstić information content (AvgIpc) is 3.12. The van der Waals surface area contributed by atoms with Crippen molar-refractivity contribution in [2.75, 3.05) is 6.54 Å². The van der Waals surface area contributed by atoms with Crippen LogP contribution in [0.4, 0.5) is 0 Å². The van der Waals surface area contributed by atoms with E-state index in [1.165, 1.54) is 0 Å². The van der Waals surface area contributed by atoms with Crippen molar-refractivity contribution in [3.05, 3.63) is 35.9 Å². The van der Waals surface area contributed by atoms with Crippen LogP contribution in [-0.4, -0.2) is 55.4 Å². The topological polar surface area (TPSA) is 86.9 Å². The van der Waals surface area contributed by atoms with Crippen molar-refractivity contribution in [2.45, 2.75) is 58.2 Å². The molecule has 7 nitrogen and oxygen atoms in total. The van der Waals surface area contributed by atoms with E-state index in [1.807, 2.05) is 24.3 Å². The van der Waals surface area contributed by atoms with Gasteiger partial charge in [0.15, 0.2) is 0 Å². The molecule has 2 amide bonds. The molecule has 2 N–H and O–H groups in total. The maximum atomic E-state index is 12.7. The van der Waals surface area contributed by atoms with Crippen LogP contribution in [0.2, 0.25) is 0 Å². The maximum Gasteiger partial charge on any atom is 0.253 e. The molecule has 1 aliphatic heterocycles. The fourth-order valence-corrected chi connectivity index (χ4v) is 3.59. The van der Waals surface area contributed by atoms with E-state index in [-0.39, 0.29) is 30.3 Å². The number of hydrogen-bond donors (Lipinski definition) is 2. The van der Waals surface area contributed by atoms with Gasteiger partial charge >= 0.3 is 0 Å². The quantitative estimate of drug-likeness (QED) is 0.868. The first-order chi connectivity index (χ1) is 12.2. The molecule has 0 saturated carbocycles. The molecule has 2 atom stereocenters. The molecular weight excluding hydrogens is 332 g/mol. The number of fused-ring (bicyclic) bond motifs is 1. The van der Waals surface area contributed by atoms with Crippen LogP contribution in [0.25, 0.3) is 5.52 Å². The number of imidazole rings is 1. The largest absolute Gasteiger partial charge is 0.390 e. The normalized spacial score (nSPS) is 20.6.